The standard InChI is InChI=1S/C17H20N8OS2/c18-14-21-24-17(27-14)25-8-6-12(7-9-25)19-15-22-23-16(28-15)20-13(26)10-11-4-2-1-3-5-11/h1-5,12H,6-10H2,(H2,18,21)(H,19,22)(H,20,23,26). The van der Waals surface area contributed by atoms with Gasteiger partial charge in [0, 0.05) is 19.1 Å². The van der Waals surface area contributed by atoms with Crippen LogP contribution in [0.2, 0.25) is 0 Å². The SMILES string of the molecule is Nc1nnc(N2CCC(Nc3nnc(NC(=O)Cc4ccccc4)s3)CC2)s1. The largest absolute Gasteiger partial charge is 0.374 e. The van der Waals surface area contributed by atoms with Crippen molar-refractivity contribution >= 4 is 49.1 Å². The monoisotopic (exact) mass is 416 g/mol. The summed E-state index contributed by atoms with van der Waals surface area (Å²) < 4.78 is 0. The summed E-state index contributed by atoms with van der Waals surface area (Å²) in [5, 5.41) is 25.0. The molecule has 0 unspecified atom stereocenters. The molecular weight excluding hydrogens is 396 g/mol. The molecule has 0 bridgehead atoms. The van der Waals surface area contributed by atoms with Crippen LogP contribution >= 0.6 is 22.7 Å². The molecule has 1 amide bonds. The fraction of sp³-hybridized carbons (Fsp3) is 0.353. The molecule has 1 saturated heterocycles. The Balaban J connectivity index is 1.25. The number of carbonyl (C=O) groups is 1. The number of nitrogens with zero attached hydrogens (tertiary/aromatic N) is 5. The summed E-state index contributed by atoms with van der Waals surface area (Å²) in [6.07, 6.45) is 2.22. The normalized spacial score (nSPS) is 14.8. The second kappa shape index (κ2) is 8.48. The van der Waals surface area contributed by atoms with Crippen LogP contribution in [0.3, 0.4) is 0 Å². The van der Waals surface area contributed by atoms with Crippen LogP contribution in [0, 0.1) is 0 Å². The quantitative estimate of drug-likeness (QED) is 0.559. The summed E-state index contributed by atoms with van der Waals surface area (Å²) in [4.78, 5) is 14.3. The third kappa shape index (κ3) is 4.73. The van der Waals surface area contributed by atoms with Gasteiger partial charge in [0.25, 0.3) is 0 Å². The van der Waals surface area contributed by atoms with Crippen LogP contribution in [0.15, 0.2) is 30.3 Å². The minimum Gasteiger partial charge on any atom is -0.374 e. The minimum atomic E-state index is -0.0986. The lowest BCUT2D eigenvalue weighted by atomic mass is 10.1. The van der Waals surface area contributed by atoms with E-state index in [1.54, 1.807) is 0 Å². The van der Waals surface area contributed by atoms with E-state index >= 15 is 0 Å². The van der Waals surface area contributed by atoms with Gasteiger partial charge in [-0.2, -0.15) is 0 Å². The molecule has 2 aromatic heterocycles. The van der Waals surface area contributed by atoms with Gasteiger partial charge in [0.15, 0.2) is 0 Å². The van der Waals surface area contributed by atoms with Gasteiger partial charge < -0.3 is 21.3 Å². The molecule has 1 aliphatic heterocycles. The zero-order chi connectivity index (χ0) is 19.3. The molecule has 3 heterocycles. The summed E-state index contributed by atoms with van der Waals surface area (Å²) in [6, 6.07) is 9.92. The number of anilines is 4. The van der Waals surface area contributed by atoms with Gasteiger partial charge in [-0.1, -0.05) is 53.0 Å². The van der Waals surface area contributed by atoms with E-state index in [2.05, 4.69) is 35.9 Å². The smallest absolute Gasteiger partial charge is 0.230 e. The first kappa shape index (κ1) is 18.6. The van der Waals surface area contributed by atoms with Gasteiger partial charge in [-0.05, 0) is 18.4 Å². The maximum atomic E-state index is 12.1. The molecule has 11 heteroatoms. The van der Waals surface area contributed by atoms with Crippen molar-refractivity contribution in [3.8, 4) is 0 Å². The first-order chi connectivity index (χ1) is 13.7. The van der Waals surface area contributed by atoms with Crippen LogP contribution in [-0.2, 0) is 11.2 Å². The zero-order valence-corrected chi connectivity index (χ0v) is 16.7. The van der Waals surface area contributed by atoms with Crippen molar-refractivity contribution < 1.29 is 4.79 Å². The second-order valence-corrected chi connectivity index (χ2v) is 8.42. The van der Waals surface area contributed by atoms with E-state index in [-0.39, 0.29) is 5.91 Å². The first-order valence-electron chi connectivity index (χ1n) is 8.93. The number of nitrogen functional groups attached to an aromatic ring is 1. The van der Waals surface area contributed by atoms with Crippen molar-refractivity contribution in [1.82, 2.24) is 20.4 Å². The molecular formula is C17H20N8OS2. The molecule has 1 aromatic carbocycles. The Morgan fingerprint density at radius 2 is 1.82 bits per heavy atom. The highest BCUT2D eigenvalue weighted by Gasteiger charge is 2.22. The van der Waals surface area contributed by atoms with Crippen LogP contribution in [0.1, 0.15) is 18.4 Å². The summed E-state index contributed by atoms with van der Waals surface area (Å²) in [5.74, 6) is -0.0986. The van der Waals surface area contributed by atoms with Crippen molar-refractivity contribution in [2.24, 2.45) is 0 Å². The van der Waals surface area contributed by atoms with Gasteiger partial charge in [-0.25, -0.2) is 0 Å². The van der Waals surface area contributed by atoms with Crippen molar-refractivity contribution in [3.63, 3.8) is 0 Å². The zero-order valence-electron chi connectivity index (χ0n) is 15.0. The first-order valence-corrected chi connectivity index (χ1v) is 10.6. The van der Waals surface area contributed by atoms with Crippen LogP contribution in [-0.4, -0.2) is 45.4 Å². The topological polar surface area (TPSA) is 122 Å². The van der Waals surface area contributed by atoms with Crippen LogP contribution in [0.5, 0.6) is 0 Å². The van der Waals surface area contributed by atoms with E-state index in [1.807, 2.05) is 30.3 Å². The second-order valence-electron chi connectivity index (χ2n) is 6.45. The van der Waals surface area contributed by atoms with Gasteiger partial charge in [0.05, 0.1) is 6.42 Å². The number of piperidine rings is 1. The van der Waals surface area contributed by atoms with E-state index in [9.17, 15) is 4.79 Å². The van der Waals surface area contributed by atoms with Gasteiger partial charge in [0.1, 0.15) is 0 Å². The number of rotatable bonds is 6. The van der Waals surface area contributed by atoms with Gasteiger partial charge >= 0.3 is 0 Å². The number of aromatic nitrogens is 4. The Morgan fingerprint density at radius 1 is 1.07 bits per heavy atom. The van der Waals surface area contributed by atoms with E-state index in [0.717, 1.165) is 36.6 Å². The fourth-order valence-electron chi connectivity index (χ4n) is 3.02. The summed E-state index contributed by atoms with van der Waals surface area (Å²) >= 11 is 2.76. The van der Waals surface area contributed by atoms with Gasteiger partial charge in [-0.15, -0.1) is 20.4 Å². The highest BCUT2D eigenvalue weighted by Crippen LogP contribution is 2.27. The third-order valence-electron chi connectivity index (χ3n) is 4.40. The van der Waals surface area contributed by atoms with E-state index in [0.29, 0.717) is 27.9 Å². The lowest BCUT2D eigenvalue weighted by molar-refractivity contribution is -0.115. The van der Waals surface area contributed by atoms with Crippen molar-refractivity contribution in [1.29, 1.82) is 0 Å². The van der Waals surface area contributed by atoms with Crippen molar-refractivity contribution in [2.75, 3.05) is 34.4 Å². The Labute approximate surface area is 170 Å². The van der Waals surface area contributed by atoms with E-state index in [4.69, 9.17) is 5.73 Å². The molecule has 9 nitrogen and oxygen atoms in total. The Morgan fingerprint density at radius 3 is 2.54 bits per heavy atom. The molecule has 1 fully saturated rings. The third-order valence-corrected chi connectivity index (χ3v) is 5.99. The van der Waals surface area contributed by atoms with Crippen LogP contribution in [0.25, 0.3) is 0 Å². The highest BCUT2D eigenvalue weighted by molar-refractivity contribution is 7.19. The molecule has 1 aliphatic rings. The average Bonchev–Trinajstić information content (AvgIpc) is 3.32. The molecule has 0 saturated carbocycles. The Hall–Kier alpha value is -2.79. The number of amides is 1. The molecule has 3 aromatic rings. The summed E-state index contributed by atoms with van der Waals surface area (Å²) in [6.45, 7) is 1.76. The summed E-state index contributed by atoms with van der Waals surface area (Å²) in [5.41, 5.74) is 6.62. The van der Waals surface area contributed by atoms with Crippen molar-refractivity contribution in [3.05, 3.63) is 35.9 Å². The molecule has 0 spiro atoms. The Bertz CT molecular complexity index is 920. The Kier molecular flexibility index (Phi) is 5.63. The number of hydrogen-bond acceptors (Lipinski definition) is 10. The number of nitrogens with two attached hydrogens (primary N) is 1. The molecule has 28 heavy (non-hydrogen) atoms. The number of hydrogen-bond donors (Lipinski definition) is 3. The lowest BCUT2D eigenvalue weighted by Gasteiger charge is -2.31. The lowest BCUT2D eigenvalue weighted by Crippen LogP contribution is -2.39. The van der Waals surface area contributed by atoms with Gasteiger partial charge in [-0.3, -0.25) is 4.79 Å². The molecule has 4 N–H and O–H groups in total. The molecule has 0 aliphatic carbocycles. The number of carbonyl (C=O) groups excluding carboxylic acids is 1. The van der Waals surface area contributed by atoms with E-state index in [1.165, 1.54) is 22.7 Å². The number of benzene rings is 1. The molecule has 4 rings (SSSR count). The number of nitrogens with one attached hydrogen (secondary N) is 2. The summed E-state index contributed by atoms with van der Waals surface area (Å²) in [7, 11) is 0. The highest BCUT2D eigenvalue weighted by atomic mass is 32.1. The fourth-order valence-corrected chi connectivity index (χ4v) is 4.42. The van der Waals surface area contributed by atoms with Crippen LogP contribution in [0.4, 0.5) is 20.5 Å². The minimum absolute atomic E-state index is 0.0986. The molecule has 0 atom stereocenters. The van der Waals surface area contributed by atoms with E-state index < -0.39 is 0 Å². The molecule has 146 valence electrons. The predicted molar refractivity (Wildman–Crippen MR) is 112 cm³/mol. The average molecular weight is 417 g/mol. The van der Waals surface area contributed by atoms with Crippen molar-refractivity contribution in [2.45, 2.75) is 25.3 Å². The molecule has 0 radical (unpaired) electrons. The van der Waals surface area contributed by atoms with Crippen LogP contribution < -0.4 is 21.3 Å². The maximum absolute atomic E-state index is 12.1. The van der Waals surface area contributed by atoms with Gasteiger partial charge in [0.2, 0.25) is 26.4 Å². The maximum Gasteiger partial charge on any atom is 0.230 e. The predicted octanol–water partition coefficient (Wildman–Crippen LogP) is 2.23.